The van der Waals surface area contributed by atoms with Gasteiger partial charge in [0.05, 0.1) is 16.1 Å². The Morgan fingerprint density at radius 1 is 1.04 bits per heavy atom. The average molecular weight is 399 g/mol. The Bertz CT molecular complexity index is 1130. The molecule has 27 heavy (non-hydrogen) atoms. The van der Waals surface area contributed by atoms with Crippen LogP contribution in [0.4, 0.5) is 18.9 Å². The van der Waals surface area contributed by atoms with Crippen molar-refractivity contribution in [2.24, 2.45) is 7.05 Å². The van der Waals surface area contributed by atoms with Crippen LogP contribution in [0.1, 0.15) is 5.56 Å². The lowest BCUT2D eigenvalue weighted by Crippen LogP contribution is -2.21. The van der Waals surface area contributed by atoms with Crippen LogP contribution in [0, 0.1) is 0 Å². The molecule has 0 saturated heterocycles. The van der Waals surface area contributed by atoms with E-state index < -0.39 is 32.3 Å². The highest BCUT2D eigenvalue weighted by atomic mass is 32.2. The van der Waals surface area contributed by atoms with Gasteiger partial charge in [-0.1, -0.05) is 6.07 Å². The molecule has 0 saturated carbocycles. The molecular formula is C15H12F3N5O3S. The van der Waals surface area contributed by atoms with Gasteiger partial charge in [0, 0.05) is 12.7 Å². The van der Waals surface area contributed by atoms with Crippen molar-refractivity contribution >= 4 is 15.7 Å². The number of nitrogens with zero attached hydrogens (tertiary/aromatic N) is 4. The number of hydrogen-bond acceptors (Lipinski definition) is 5. The SMILES string of the molecule is Cn1nnn(-c2ccc(NS(=O)(=O)c3cccc(C(F)(F)F)c3)cc2)c1=O. The van der Waals surface area contributed by atoms with Crippen molar-refractivity contribution in [1.82, 2.24) is 19.8 Å². The molecule has 1 heterocycles. The monoisotopic (exact) mass is 399 g/mol. The van der Waals surface area contributed by atoms with Crippen LogP contribution in [-0.4, -0.2) is 28.2 Å². The Labute approximate surface area is 150 Å². The van der Waals surface area contributed by atoms with Crippen molar-refractivity contribution in [2.45, 2.75) is 11.1 Å². The van der Waals surface area contributed by atoms with Gasteiger partial charge < -0.3 is 0 Å². The molecule has 1 N–H and O–H groups in total. The van der Waals surface area contributed by atoms with Gasteiger partial charge in [-0.3, -0.25) is 4.72 Å². The van der Waals surface area contributed by atoms with E-state index in [1.54, 1.807) is 0 Å². The maximum absolute atomic E-state index is 12.8. The molecule has 0 unspecified atom stereocenters. The minimum atomic E-state index is -4.66. The highest BCUT2D eigenvalue weighted by Gasteiger charge is 2.31. The standard InChI is InChI=1S/C15H12F3N5O3S/c1-22-14(24)23(21-20-22)12-7-5-11(6-8-12)19-27(25,26)13-4-2-3-10(9-13)15(16,17)18/h2-9,19H,1H3. The smallest absolute Gasteiger partial charge is 0.280 e. The summed E-state index contributed by atoms with van der Waals surface area (Å²) in [6.07, 6.45) is -4.66. The Hall–Kier alpha value is -3.15. The number of sulfonamides is 1. The summed E-state index contributed by atoms with van der Waals surface area (Å²) in [5.74, 6) is 0. The molecule has 142 valence electrons. The van der Waals surface area contributed by atoms with Crippen molar-refractivity contribution in [3.63, 3.8) is 0 Å². The molecule has 0 fully saturated rings. The fraction of sp³-hybridized carbons (Fsp3) is 0.133. The zero-order valence-corrected chi connectivity index (χ0v) is 14.5. The average Bonchev–Trinajstić information content (AvgIpc) is 2.94. The molecule has 0 aliphatic rings. The molecule has 0 spiro atoms. The summed E-state index contributed by atoms with van der Waals surface area (Å²) in [6.45, 7) is 0. The molecule has 12 heteroatoms. The van der Waals surface area contributed by atoms with Crippen molar-refractivity contribution < 1.29 is 21.6 Å². The zero-order chi connectivity index (χ0) is 19.8. The highest BCUT2D eigenvalue weighted by molar-refractivity contribution is 7.92. The molecule has 0 aliphatic heterocycles. The number of aromatic nitrogens is 4. The molecule has 8 nitrogen and oxygen atoms in total. The van der Waals surface area contributed by atoms with Crippen LogP contribution < -0.4 is 10.4 Å². The number of hydrogen-bond donors (Lipinski definition) is 1. The molecule has 0 aliphatic carbocycles. The summed E-state index contributed by atoms with van der Waals surface area (Å²) < 4.78 is 67.2. The van der Waals surface area contributed by atoms with Gasteiger partial charge >= 0.3 is 11.9 Å². The lowest BCUT2D eigenvalue weighted by atomic mass is 10.2. The number of halogens is 3. The fourth-order valence-corrected chi connectivity index (χ4v) is 3.30. The van der Waals surface area contributed by atoms with Gasteiger partial charge in [0.15, 0.2) is 0 Å². The second-order valence-electron chi connectivity index (χ2n) is 5.47. The summed E-state index contributed by atoms with van der Waals surface area (Å²) in [5, 5.41) is 7.20. The van der Waals surface area contributed by atoms with E-state index in [4.69, 9.17) is 0 Å². The summed E-state index contributed by atoms with van der Waals surface area (Å²) in [7, 11) is -2.81. The van der Waals surface area contributed by atoms with E-state index in [-0.39, 0.29) is 5.69 Å². The maximum atomic E-state index is 12.8. The predicted molar refractivity (Wildman–Crippen MR) is 88.9 cm³/mol. The third-order valence-electron chi connectivity index (χ3n) is 3.56. The number of anilines is 1. The molecule has 0 amide bonds. The minimum Gasteiger partial charge on any atom is -0.280 e. The van der Waals surface area contributed by atoms with Crippen molar-refractivity contribution in [1.29, 1.82) is 0 Å². The topological polar surface area (TPSA) is 98.9 Å². The molecule has 0 radical (unpaired) electrons. The number of rotatable bonds is 4. The molecule has 3 aromatic rings. The quantitative estimate of drug-likeness (QED) is 0.721. The maximum Gasteiger partial charge on any atom is 0.416 e. The largest absolute Gasteiger partial charge is 0.416 e. The molecule has 0 bridgehead atoms. The van der Waals surface area contributed by atoms with E-state index in [0.717, 1.165) is 27.6 Å². The summed E-state index contributed by atoms with van der Waals surface area (Å²) in [6, 6.07) is 8.94. The second-order valence-corrected chi connectivity index (χ2v) is 7.16. The molecule has 2 aromatic carbocycles. The van der Waals surface area contributed by atoms with E-state index in [2.05, 4.69) is 15.1 Å². The first kappa shape index (κ1) is 18.6. The van der Waals surface area contributed by atoms with E-state index in [1.807, 2.05) is 0 Å². The van der Waals surface area contributed by atoms with Crippen LogP contribution in [0.25, 0.3) is 5.69 Å². The third kappa shape index (κ3) is 3.84. The summed E-state index contributed by atoms with van der Waals surface area (Å²) in [5.41, 5.74) is -1.11. The van der Waals surface area contributed by atoms with Crippen LogP contribution in [-0.2, 0) is 23.2 Å². The van der Waals surface area contributed by atoms with E-state index in [1.165, 1.54) is 31.3 Å². The van der Waals surface area contributed by atoms with Crippen molar-refractivity contribution in [2.75, 3.05) is 4.72 Å². The summed E-state index contributed by atoms with van der Waals surface area (Å²) >= 11 is 0. The lowest BCUT2D eigenvalue weighted by molar-refractivity contribution is -0.137. The second kappa shape index (κ2) is 6.54. The summed E-state index contributed by atoms with van der Waals surface area (Å²) in [4.78, 5) is 11.3. The number of alkyl halides is 3. The first-order chi connectivity index (χ1) is 12.6. The Morgan fingerprint density at radius 3 is 2.26 bits per heavy atom. The normalized spacial score (nSPS) is 12.1. The van der Waals surface area contributed by atoms with Gasteiger partial charge in [-0.15, -0.1) is 0 Å². The van der Waals surface area contributed by atoms with Gasteiger partial charge in [-0.25, -0.2) is 13.2 Å². The zero-order valence-electron chi connectivity index (χ0n) is 13.7. The van der Waals surface area contributed by atoms with Gasteiger partial charge in [0.2, 0.25) is 0 Å². The Balaban J connectivity index is 1.86. The fourth-order valence-electron chi connectivity index (χ4n) is 2.20. The van der Waals surface area contributed by atoms with Gasteiger partial charge in [-0.2, -0.15) is 22.5 Å². The van der Waals surface area contributed by atoms with Gasteiger partial charge in [0.25, 0.3) is 10.0 Å². The Morgan fingerprint density at radius 2 is 1.70 bits per heavy atom. The Kier molecular flexibility index (Phi) is 4.51. The third-order valence-corrected chi connectivity index (χ3v) is 4.94. The molecule has 1 aromatic heterocycles. The molecule has 0 atom stereocenters. The number of aryl methyl sites for hydroxylation is 1. The van der Waals surface area contributed by atoms with Crippen LogP contribution in [0.15, 0.2) is 58.2 Å². The number of benzene rings is 2. The van der Waals surface area contributed by atoms with Crippen LogP contribution in [0.2, 0.25) is 0 Å². The van der Waals surface area contributed by atoms with Crippen LogP contribution in [0.3, 0.4) is 0 Å². The minimum absolute atomic E-state index is 0.105. The molecular weight excluding hydrogens is 387 g/mol. The first-order valence-electron chi connectivity index (χ1n) is 7.37. The van der Waals surface area contributed by atoms with Crippen molar-refractivity contribution in [3.8, 4) is 5.69 Å². The molecule has 3 rings (SSSR count). The van der Waals surface area contributed by atoms with E-state index in [0.29, 0.717) is 11.8 Å². The lowest BCUT2D eigenvalue weighted by Gasteiger charge is -2.11. The van der Waals surface area contributed by atoms with Crippen molar-refractivity contribution in [3.05, 3.63) is 64.6 Å². The highest BCUT2D eigenvalue weighted by Crippen LogP contribution is 2.30. The van der Waals surface area contributed by atoms with Crippen LogP contribution >= 0.6 is 0 Å². The number of tetrazole rings is 1. The first-order valence-corrected chi connectivity index (χ1v) is 8.86. The van der Waals surface area contributed by atoms with Gasteiger partial charge in [-0.05, 0) is 52.9 Å². The number of nitrogens with one attached hydrogen (secondary N) is 1. The predicted octanol–water partition coefficient (Wildman–Crippen LogP) is 1.79. The van der Waals surface area contributed by atoms with Crippen LogP contribution in [0.5, 0.6) is 0 Å². The van der Waals surface area contributed by atoms with E-state index >= 15 is 0 Å². The van der Waals surface area contributed by atoms with E-state index in [9.17, 15) is 26.4 Å². The van der Waals surface area contributed by atoms with Gasteiger partial charge in [0.1, 0.15) is 0 Å².